The fourth-order valence-corrected chi connectivity index (χ4v) is 3.20. The Balaban J connectivity index is 1.51. The van der Waals surface area contributed by atoms with E-state index < -0.39 is 5.97 Å². The highest BCUT2D eigenvalue weighted by Gasteiger charge is 2.44. The van der Waals surface area contributed by atoms with Crippen molar-refractivity contribution in [1.82, 2.24) is 5.32 Å². The number of amides is 1. The highest BCUT2D eigenvalue weighted by molar-refractivity contribution is 5.83. The highest BCUT2D eigenvalue weighted by atomic mass is 16.4. The van der Waals surface area contributed by atoms with Gasteiger partial charge in [-0.1, -0.05) is 30.3 Å². The molecule has 2 fully saturated rings. The summed E-state index contributed by atoms with van der Waals surface area (Å²) in [7, 11) is 0. The Morgan fingerprint density at radius 2 is 1.85 bits per heavy atom. The predicted octanol–water partition coefficient (Wildman–Crippen LogP) is 2.16. The minimum atomic E-state index is -0.740. The van der Waals surface area contributed by atoms with Gasteiger partial charge in [0.25, 0.3) is 0 Å². The van der Waals surface area contributed by atoms with Gasteiger partial charge in [-0.3, -0.25) is 9.59 Å². The first-order chi connectivity index (χ1) is 9.65. The van der Waals surface area contributed by atoms with Crippen LogP contribution in [0.25, 0.3) is 0 Å². The van der Waals surface area contributed by atoms with E-state index in [1.54, 1.807) is 0 Å². The van der Waals surface area contributed by atoms with Crippen LogP contribution in [0, 0.1) is 11.8 Å². The number of carbonyl (C=O) groups excluding carboxylic acids is 1. The van der Waals surface area contributed by atoms with E-state index in [1.165, 1.54) is 5.56 Å². The topological polar surface area (TPSA) is 66.4 Å². The molecule has 0 spiro atoms. The fourth-order valence-electron chi connectivity index (χ4n) is 3.20. The summed E-state index contributed by atoms with van der Waals surface area (Å²) in [6.07, 6.45) is 2.94. The molecule has 1 aromatic carbocycles. The molecule has 2 unspecified atom stereocenters. The molecule has 1 amide bonds. The Morgan fingerprint density at radius 3 is 2.50 bits per heavy atom. The molecule has 20 heavy (non-hydrogen) atoms. The number of nitrogens with one attached hydrogen (secondary N) is 1. The number of hydrogen-bond acceptors (Lipinski definition) is 2. The monoisotopic (exact) mass is 273 g/mol. The molecule has 2 aliphatic rings. The largest absolute Gasteiger partial charge is 0.481 e. The summed E-state index contributed by atoms with van der Waals surface area (Å²) in [5.74, 6) is -0.524. The first kappa shape index (κ1) is 13.2. The van der Waals surface area contributed by atoms with E-state index in [-0.39, 0.29) is 23.8 Å². The van der Waals surface area contributed by atoms with Gasteiger partial charge in [0.2, 0.25) is 5.91 Å². The number of hydrogen-bond donors (Lipinski definition) is 2. The smallest absolute Gasteiger partial charge is 0.306 e. The average molecular weight is 273 g/mol. The second-order valence-corrected chi connectivity index (χ2v) is 5.91. The maximum Gasteiger partial charge on any atom is 0.306 e. The highest BCUT2D eigenvalue weighted by Crippen LogP contribution is 2.47. The van der Waals surface area contributed by atoms with Crippen molar-refractivity contribution in [2.75, 3.05) is 0 Å². The Morgan fingerprint density at radius 1 is 1.10 bits per heavy atom. The summed E-state index contributed by atoms with van der Waals surface area (Å²) >= 11 is 0. The molecule has 4 atom stereocenters. The zero-order valence-electron chi connectivity index (χ0n) is 11.3. The summed E-state index contributed by atoms with van der Waals surface area (Å²) in [6, 6.07) is 10.1. The number of benzene rings is 1. The molecule has 2 saturated carbocycles. The number of carboxylic acid groups (broad SMARTS) is 1. The Bertz CT molecular complexity index is 514. The third-order valence-electron chi connectivity index (χ3n) is 4.48. The molecule has 0 bridgehead atoms. The zero-order valence-corrected chi connectivity index (χ0v) is 11.3. The lowest BCUT2D eigenvalue weighted by Crippen LogP contribution is -2.34. The molecule has 0 aliphatic heterocycles. The molecule has 0 aromatic heterocycles. The van der Waals surface area contributed by atoms with Gasteiger partial charge in [0.1, 0.15) is 0 Å². The molecule has 2 N–H and O–H groups in total. The summed E-state index contributed by atoms with van der Waals surface area (Å²) in [5, 5.41) is 12.0. The van der Waals surface area contributed by atoms with Crippen LogP contribution in [0.5, 0.6) is 0 Å². The van der Waals surface area contributed by atoms with Gasteiger partial charge in [0.05, 0.1) is 5.92 Å². The quantitative estimate of drug-likeness (QED) is 0.883. The van der Waals surface area contributed by atoms with E-state index >= 15 is 0 Å². The molecule has 0 heterocycles. The van der Waals surface area contributed by atoms with Crippen LogP contribution in [0.15, 0.2) is 30.3 Å². The van der Waals surface area contributed by atoms with Crippen molar-refractivity contribution in [1.29, 1.82) is 0 Å². The fraction of sp³-hybridized carbons (Fsp3) is 0.500. The van der Waals surface area contributed by atoms with Crippen molar-refractivity contribution < 1.29 is 14.7 Å². The molecular formula is C16H19NO3. The van der Waals surface area contributed by atoms with Gasteiger partial charge in [-0.15, -0.1) is 0 Å². The molecular weight excluding hydrogens is 254 g/mol. The standard InChI is InChI=1S/C16H19NO3/c18-15(17-12-7-6-11(8-12)16(19)20)14-9-13(14)10-4-2-1-3-5-10/h1-5,11-14H,6-9H2,(H,17,18)(H,19,20)/t11-,12+,13?,14?/m1/s1. The van der Waals surface area contributed by atoms with Crippen molar-refractivity contribution in [3.05, 3.63) is 35.9 Å². The molecule has 0 radical (unpaired) electrons. The number of aliphatic carboxylic acids is 1. The summed E-state index contributed by atoms with van der Waals surface area (Å²) in [6.45, 7) is 0. The van der Waals surface area contributed by atoms with Crippen molar-refractivity contribution in [3.8, 4) is 0 Å². The normalized spacial score (nSPS) is 31.8. The van der Waals surface area contributed by atoms with Crippen LogP contribution < -0.4 is 5.32 Å². The van der Waals surface area contributed by atoms with E-state index in [4.69, 9.17) is 5.11 Å². The predicted molar refractivity (Wildman–Crippen MR) is 74.2 cm³/mol. The van der Waals surface area contributed by atoms with Crippen LogP contribution in [-0.4, -0.2) is 23.0 Å². The van der Waals surface area contributed by atoms with Crippen molar-refractivity contribution in [3.63, 3.8) is 0 Å². The van der Waals surface area contributed by atoms with E-state index in [0.29, 0.717) is 18.8 Å². The Kier molecular flexibility index (Phi) is 3.47. The molecule has 106 valence electrons. The lowest BCUT2D eigenvalue weighted by molar-refractivity contribution is -0.141. The SMILES string of the molecule is O=C(N[C@H]1CC[C@@H](C(=O)O)C1)C1CC1c1ccccc1. The van der Waals surface area contributed by atoms with Gasteiger partial charge in [-0.2, -0.15) is 0 Å². The van der Waals surface area contributed by atoms with Crippen molar-refractivity contribution in [2.24, 2.45) is 11.8 Å². The van der Waals surface area contributed by atoms with Crippen LogP contribution in [0.4, 0.5) is 0 Å². The first-order valence-electron chi connectivity index (χ1n) is 7.23. The third-order valence-corrected chi connectivity index (χ3v) is 4.48. The Hall–Kier alpha value is -1.84. The molecule has 4 heteroatoms. The number of carbonyl (C=O) groups is 2. The number of rotatable bonds is 4. The van der Waals surface area contributed by atoms with Gasteiger partial charge in [0, 0.05) is 12.0 Å². The van der Waals surface area contributed by atoms with Gasteiger partial charge >= 0.3 is 5.97 Å². The molecule has 1 aromatic rings. The van der Waals surface area contributed by atoms with E-state index in [0.717, 1.165) is 12.8 Å². The zero-order chi connectivity index (χ0) is 14.1. The summed E-state index contributed by atoms with van der Waals surface area (Å²) < 4.78 is 0. The van der Waals surface area contributed by atoms with Gasteiger partial charge in [-0.25, -0.2) is 0 Å². The second-order valence-electron chi connectivity index (χ2n) is 5.91. The minimum absolute atomic E-state index is 0.0422. The minimum Gasteiger partial charge on any atom is -0.481 e. The lowest BCUT2D eigenvalue weighted by Gasteiger charge is -2.12. The molecule has 3 rings (SSSR count). The lowest BCUT2D eigenvalue weighted by atomic mass is 10.1. The Labute approximate surface area is 118 Å². The molecule has 4 nitrogen and oxygen atoms in total. The van der Waals surface area contributed by atoms with Crippen LogP contribution in [0.2, 0.25) is 0 Å². The van der Waals surface area contributed by atoms with Crippen molar-refractivity contribution in [2.45, 2.75) is 37.6 Å². The maximum absolute atomic E-state index is 12.2. The average Bonchev–Trinajstić information content (AvgIpc) is 3.12. The van der Waals surface area contributed by atoms with Gasteiger partial charge in [-0.05, 0) is 37.2 Å². The van der Waals surface area contributed by atoms with E-state index in [2.05, 4.69) is 17.4 Å². The third kappa shape index (κ3) is 2.69. The summed E-state index contributed by atoms with van der Waals surface area (Å²) in [5.41, 5.74) is 1.22. The van der Waals surface area contributed by atoms with Crippen molar-refractivity contribution >= 4 is 11.9 Å². The van der Waals surface area contributed by atoms with E-state index in [9.17, 15) is 9.59 Å². The summed E-state index contributed by atoms with van der Waals surface area (Å²) in [4.78, 5) is 23.1. The van der Waals surface area contributed by atoms with E-state index in [1.807, 2.05) is 18.2 Å². The molecule has 2 aliphatic carbocycles. The second kappa shape index (κ2) is 5.27. The van der Waals surface area contributed by atoms with Crippen LogP contribution >= 0.6 is 0 Å². The number of carboxylic acids is 1. The van der Waals surface area contributed by atoms with Crippen LogP contribution in [0.1, 0.15) is 37.2 Å². The molecule has 0 saturated heterocycles. The van der Waals surface area contributed by atoms with Crippen LogP contribution in [-0.2, 0) is 9.59 Å². The van der Waals surface area contributed by atoms with Crippen LogP contribution in [0.3, 0.4) is 0 Å². The van der Waals surface area contributed by atoms with Gasteiger partial charge < -0.3 is 10.4 Å². The first-order valence-corrected chi connectivity index (χ1v) is 7.23. The van der Waals surface area contributed by atoms with Gasteiger partial charge in [0.15, 0.2) is 0 Å². The maximum atomic E-state index is 12.2.